The number of ether oxygens (including phenoxy) is 1. The summed E-state index contributed by atoms with van der Waals surface area (Å²) in [4.78, 5) is 1.04. The Balaban J connectivity index is 1.62. The SMILES string of the molecule is Fc1ccc(C2=NN3C(C2)c2cc(Cl)cc(Cl)c2OC3c2cccs2)cc1. The summed E-state index contributed by atoms with van der Waals surface area (Å²) < 4.78 is 19.6. The Morgan fingerprint density at radius 2 is 1.96 bits per heavy atom. The molecule has 0 saturated carbocycles. The van der Waals surface area contributed by atoms with E-state index in [9.17, 15) is 4.39 Å². The molecule has 1 aromatic heterocycles. The third kappa shape index (κ3) is 2.90. The second-order valence-electron chi connectivity index (χ2n) is 6.45. The van der Waals surface area contributed by atoms with Crippen molar-refractivity contribution < 1.29 is 9.13 Å². The summed E-state index contributed by atoms with van der Waals surface area (Å²) in [6.07, 6.45) is 0.305. The smallest absolute Gasteiger partial charge is 0.223 e. The topological polar surface area (TPSA) is 24.8 Å². The zero-order valence-corrected chi connectivity index (χ0v) is 16.2. The van der Waals surface area contributed by atoms with Crippen LogP contribution < -0.4 is 4.74 Å². The lowest BCUT2D eigenvalue weighted by atomic mass is 9.96. The number of benzene rings is 2. The molecule has 3 nitrogen and oxygen atoms in total. The van der Waals surface area contributed by atoms with Crippen LogP contribution >= 0.6 is 34.5 Å². The Kier molecular flexibility index (Phi) is 4.11. The first-order chi connectivity index (χ1) is 13.1. The quantitative estimate of drug-likeness (QED) is 0.478. The van der Waals surface area contributed by atoms with Crippen LogP contribution in [0.1, 0.15) is 34.7 Å². The van der Waals surface area contributed by atoms with Gasteiger partial charge in [-0.2, -0.15) is 5.10 Å². The molecule has 0 aliphatic carbocycles. The first kappa shape index (κ1) is 17.0. The Labute approximate surface area is 169 Å². The molecule has 3 aromatic rings. The van der Waals surface area contributed by atoms with Gasteiger partial charge in [-0.25, -0.2) is 9.40 Å². The maximum atomic E-state index is 13.3. The average molecular weight is 419 g/mol. The zero-order chi connectivity index (χ0) is 18.5. The van der Waals surface area contributed by atoms with E-state index < -0.39 is 0 Å². The van der Waals surface area contributed by atoms with E-state index in [-0.39, 0.29) is 18.1 Å². The van der Waals surface area contributed by atoms with E-state index in [1.165, 1.54) is 12.1 Å². The highest BCUT2D eigenvalue weighted by Crippen LogP contribution is 2.51. The molecule has 0 spiro atoms. The van der Waals surface area contributed by atoms with Crippen LogP contribution in [0.5, 0.6) is 5.75 Å². The van der Waals surface area contributed by atoms with Gasteiger partial charge in [0.05, 0.1) is 21.7 Å². The number of halogens is 3. The first-order valence-electron chi connectivity index (χ1n) is 8.41. The minimum absolute atomic E-state index is 0.0443. The predicted octanol–water partition coefficient (Wildman–Crippen LogP) is 6.44. The predicted molar refractivity (Wildman–Crippen MR) is 106 cm³/mol. The van der Waals surface area contributed by atoms with E-state index >= 15 is 0 Å². The Morgan fingerprint density at radius 1 is 1.15 bits per heavy atom. The molecule has 2 unspecified atom stereocenters. The molecular weight excluding hydrogens is 406 g/mol. The number of fused-ring (bicyclic) bond motifs is 3. The molecule has 0 fully saturated rings. The van der Waals surface area contributed by atoms with Crippen molar-refractivity contribution in [2.24, 2.45) is 5.10 Å². The molecule has 2 aliphatic heterocycles. The van der Waals surface area contributed by atoms with Gasteiger partial charge in [-0.3, -0.25) is 0 Å². The summed E-state index contributed by atoms with van der Waals surface area (Å²) in [5, 5.41) is 9.85. The van der Waals surface area contributed by atoms with Gasteiger partial charge in [0.25, 0.3) is 0 Å². The minimum atomic E-state index is -0.362. The highest BCUT2D eigenvalue weighted by Gasteiger charge is 2.42. The standard InChI is InChI=1S/C20H13Cl2FN2OS/c21-12-8-14-17-10-16(11-3-5-13(23)6-4-11)24-25(17)20(18-2-1-7-27-18)26-19(14)15(22)9-12/h1-9,17,20H,10H2. The van der Waals surface area contributed by atoms with Gasteiger partial charge in [0.15, 0.2) is 0 Å². The zero-order valence-electron chi connectivity index (χ0n) is 13.9. The lowest BCUT2D eigenvalue weighted by Gasteiger charge is -2.38. The van der Waals surface area contributed by atoms with Crippen LogP contribution in [0.15, 0.2) is 59.0 Å². The second kappa shape index (κ2) is 6.51. The van der Waals surface area contributed by atoms with E-state index in [0.29, 0.717) is 22.2 Å². The van der Waals surface area contributed by atoms with Crippen LogP contribution in [0.4, 0.5) is 4.39 Å². The highest BCUT2D eigenvalue weighted by molar-refractivity contribution is 7.10. The summed E-state index contributed by atoms with van der Waals surface area (Å²) >= 11 is 14.3. The fourth-order valence-corrected chi connectivity index (χ4v) is 4.85. The minimum Gasteiger partial charge on any atom is -0.462 e. The fraction of sp³-hybridized carbons (Fsp3) is 0.150. The Hall–Kier alpha value is -2.08. The number of rotatable bonds is 2. The van der Waals surface area contributed by atoms with E-state index in [4.69, 9.17) is 33.0 Å². The fourth-order valence-electron chi connectivity index (χ4n) is 3.55. The van der Waals surface area contributed by atoms with E-state index in [1.54, 1.807) is 29.5 Å². The van der Waals surface area contributed by atoms with Crippen molar-refractivity contribution in [2.45, 2.75) is 18.7 Å². The van der Waals surface area contributed by atoms with Crippen LogP contribution in [0.3, 0.4) is 0 Å². The van der Waals surface area contributed by atoms with Gasteiger partial charge < -0.3 is 4.74 Å². The van der Waals surface area contributed by atoms with Gasteiger partial charge in [0.2, 0.25) is 6.23 Å². The highest BCUT2D eigenvalue weighted by atomic mass is 35.5. The van der Waals surface area contributed by atoms with Crippen molar-refractivity contribution in [1.29, 1.82) is 0 Å². The van der Waals surface area contributed by atoms with Gasteiger partial charge >= 0.3 is 0 Å². The van der Waals surface area contributed by atoms with Crippen molar-refractivity contribution in [3.8, 4) is 5.75 Å². The van der Waals surface area contributed by atoms with Gasteiger partial charge in [0.1, 0.15) is 11.6 Å². The second-order valence-corrected chi connectivity index (χ2v) is 8.27. The number of hydrogen-bond donors (Lipinski definition) is 0. The van der Waals surface area contributed by atoms with Gasteiger partial charge in [-0.1, -0.05) is 41.4 Å². The molecule has 136 valence electrons. The largest absolute Gasteiger partial charge is 0.462 e. The molecule has 0 bridgehead atoms. The van der Waals surface area contributed by atoms with Crippen LogP contribution in [0.2, 0.25) is 10.0 Å². The molecule has 2 atom stereocenters. The maximum absolute atomic E-state index is 13.3. The molecule has 27 heavy (non-hydrogen) atoms. The molecule has 0 saturated heterocycles. The van der Waals surface area contributed by atoms with Gasteiger partial charge in [0, 0.05) is 17.0 Å². The number of hydrogen-bond acceptors (Lipinski definition) is 4. The average Bonchev–Trinajstić information content (AvgIpc) is 3.32. The van der Waals surface area contributed by atoms with Crippen LogP contribution in [0, 0.1) is 5.82 Å². The molecule has 0 radical (unpaired) electrons. The molecule has 2 aliphatic rings. The summed E-state index contributed by atoms with van der Waals surface area (Å²) in [6, 6.07) is 13.9. The van der Waals surface area contributed by atoms with Crippen LogP contribution in [-0.2, 0) is 0 Å². The third-order valence-electron chi connectivity index (χ3n) is 4.77. The molecule has 5 rings (SSSR count). The summed E-state index contributed by atoms with van der Waals surface area (Å²) in [5.74, 6) is 0.384. The molecule has 2 aromatic carbocycles. The summed E-state index contributed by atoms with van der Waals surface area (Å²) in [6.45, 7) is 0. The lowest BCUT2D eigenvalue weighted by Crippen LogP contribution is -2.33. The van der Waals surface area contributed by atoms with Crippen molar-refractivity contribution in [3.05, 3.63) is 85.8 Å². The van der Waals surface area contributed by atoms with Crippen molar-refractivity contribution in [2.75, 3.05) is 0 Å². The molecule has 0 amide bonds. The monoisotopic (exact) mass is 418 g/mol. The van der Waals surface area contributed by atoms with Crippen molar-refractivity contribution >= 4 is 40.3 Å². The Morgan fingerprint density at radius 3 is 2.70 bits per heavy atom. The first-order valence-corrected chi connectivity index (χ1v) is 10.0. The summed E-state index contributed by atoms with van der Waals surface area (Å²) in [5.41, 5.74) is 2.70. The summed E-state index contributed by atoms with van der Waals surface area (Å²) in [7, 11) is 0. The van der Waals surface area contributed by atoms with E-state index in [1.807, 2.05) is 28.6 Å². The number of hydrazone groups is 1. The normalized spacial score (nSPS) is 20.7. The van der Waals surface area contributed by atoms with Crippen molar-refractivity contribution in [3.63, 3.8) is 0 Å². The molecular formula is C20H13Cl2FN2OS. The van der Waals surface area contributed by atoms with E-state index in [2.05, 4.69) is 0 Å². The van der Waals surface area contributed by atoms with Crippen LogP contribution in [-0.4, -0.2) is 10.7 Å². The Bertz CT molecular complexity index is 1040. The number of thiophene rings is 1. The van der Waals surface area contributed by atoms with Crippen LogP contribution in [0.25, 0.3) is 0 Å². The lowest BCUT2D eigenvalue weighted by molar-refractivity contribution is -0.0165. The van der Waals surface area contributed by atoms with E-state index in [0.717, 1.165) is 21.7 Å². The number of nitrogens with zero attached hydrogens (tertiary/aromatic N) is 2. The molecule has 3 heterocycles. The third-order valence-corrected chi connectivity index (χ3v) is 6.17. The molecule has 7 heteroatoms. The van der Waals surface area contributed by atoms with Gasteiger partial charge in [-0.15, -0.1) is 11.3 Å². The molecule has 0 N–H and O–H groups in total. The van der Waals surface area contributed by atoms with Gasteiger partial charge in [-0.05, 0) is 41.3 Å². The maximum Gasteiger partial charge on any atom is 0.223 e. The van der Waals surface area contributed by atoms with Crippen molar-refractivity contribution in [1.82, 2.24) is 5.01 Å².